The molecule has 0 aliphatic rings. The highest BCUT2D eigenvalue weighted by atomic mass is 35.5. The van der Waals surface area contributed by atoms with Crippen molar-refractivity contribution in [3.8, 4) is 0 Å². The number of nitrogens with zero attached hydrogens (tertiary/aromatic N) is 1. The third-order valence-electron chi connectivity index (χ3n) is 3.00. The zero-order chi connectivity index (χ0) is 14.1. The molecule has 5 heteroatoms. The van der Waals surface area contributed by atoms with Crippen LogP contribution in [0.1, 0.15) is 45.4 Å². The van der Waals surface area contributed by atoms with Crippen LogP contribution < -0.4 is 5.32 Å². The largest absolute Gasteiger partial charge is 0.385 e. The summed E-state index contributed by atoms with van der Waals surface area (Å²) in [6.07, 6.45) is 7.48. The van der Waals surface area contributed by atoms with Crippen molar-refractivity contribution in [3.05, 3.63) is 33.3 Å². The van der Waals surface area contributed by atoms with Gasteiger partial charge in [0.05, 0.1) is 4.92 Å². The number of benzene rings is 1. The molecule has 0 saturated heterocycles. The molecule has 19 heavy (non-hydrogen) atoms. The van der Waals surface area contributed by atoms with Crippen molar-refractivity contribution in [2.75, 3.05) is 11.9 Å². The zero-order valence-electron chi connectivity index (χ0n) is 11.3. The van der Waals surface area contributed by atoms with E-state index in [0.29, 0.717) is 0 Å². The average molecular weight is 285 g/mol. The van der Waals surface area contributed by atoms with Crippen LogP contribution in [-0.4, -0.2) is 11.5 Å². The van der Waals surface area contributed by atoms with E-state index >= 15 is 0 Å². The van der Waals surface area contributed by atoms with E-state index in [2.05, 4.69) is 12.2 Å². The van der Waals surface area contributed by atoms with Gasteiger partial charge in [0.2, 0.25) is 0 Å². The van der Waals surface area contributed by atoms with Crippen LogP contribution in [0, 0.1) is 10.1 Å². The van der Waals surface area contributed by atoms with Crippen LogP contribution in [0.5, 0.6) is 0 Å². The fourth-order valence-corrected chi connectivity index (χ4v) is 2.15. The van der Waals surface area contributed by atoms with Crippen LogP contribution in [0.15, 0.2) is 18.2 Å². The molecule has 0 aliphatic carbocycles. The Labute approximate surface area is 119 Å². The maximum atomic E-state index is 10.6. The summed E-state index contributed by atoms with van der Waals surface area (Å²) in [5, 5.41) is 14.0. The van der Waals surface area contributed by atoms with Gasteiger partial charge in [-0.2, -0.15) is 0 Å². The highest BCUT2D eigenvalue weighted by Crippen LogP contribution is 2.27. The molecule has 1 aromatic carbocycles. The number of unbranched alkanes of at least 4 members (excludes halogenated alkanes) is 5. The number of anilines is 1. The monoisotopic (exact) mass is 284 g/mol. The van der Waals surface area contributed by atoms with Gasteiger partial charge in [0.1, 0.15) is 5.02 Å². The molecule has 0 atom stereocenters. The van der Waals surface area contributed by atoms with Gasteiger partial charge in [-0.1, -0.05) is 50.6 Å². The Morgan fingerprint density at radius 2 is 1.89 bits per heavy atom. The van der Waals surface area contributed by atoms with Gasteiger partial charge in [0.15, 0.2) is 0 Å². The number of hydrogen-bond donors (Lipinski definition) is 1. The average Bonchev–Trinajstić information content (AvgIpc) is 2.37. The lowest BCUT2D eigenvalue weighted by Gasteiger charge is -2.06. The van der Waals surface area contributed by atoms with Crippen LogP contribution in [0.25, 0.3) is 0 Å². The second-order valence-electron chi connectivity index (χ2n) is 4.62. The molecule has 1 N–H and O–H groups in total. The van der Waals surface area contributed by atoms with Crippen LogP contribution in [0.3, 0.4) is 0 Å². The predicted molar refractivity (Wildman–Crippen MR) is 80.0 cm³/mol. The predicted octanol–water partition coefficient (Wildman–Crippen LogP) is 5.02. The van der Waals surface area contributed by atoms with Crippen molar-refractivity contribution in [2.24, 2.45) is 0 Å². The Morgan fingerprint density at radius 1 is 1.21 bits per heavy atom. The van der Waals surface area contributed by atoms with Gasteiger partial charge in [0, 0.05) is 18.3 Å². The standard InChI is InChI=1S/C14H21ClN2O2/c1-2-3-4-5-6-7-10-16-12-8-9-14(17(18)19)13(15)11-12/h8-9,11,16H,2-7,10H2,1H3. The van der Waals surface area contributed by atoms with E-state index in [0.717, 1.165) is 18.7 Å². The third kappa shape index (κ3) is 5.92. The van der Waals surface area contributed by atoms with E-state index in [9.17, 15) is 10.1 Å². The molecule has 0 aromatic heterocycles. The first-order valence-corrected chi connectivity index (χ1v) is 7.20. The molecule has 0 heterocycles. The molecule has 0 amide bonds. The summed E-state index contributed by atoms with van der Waals surface area (Å²) in [7, 11) is 0. The van der Waals surface area contributed by atoms with E-state index in [1.54, 1.807) is 12.1 Å². The highest BCUT2D eigenvalue weighted by molar-refractivity contribution is 6.32. The van der Waals surface area contributed by atoms with Crippen molar-refractivity contribution < 1.29 is 4.92 Å². The molecule has 0 fully saturated rings. The first-order chi connectivity index (χ1) is 9.15. The normalized spacial score (nSPS) is 10.4. The molecule has 106 valence electrons. The topological polar surface area (TPSA) is 55.2 Å². The van der Waals surface area contributed by atoms with Gasteiger partial charge in [-0.15, -0.1) is 0 Å². The van der Waals surface area contributed by atoms with Crippen molar-refractivity contribution >= 4 is 23.0 Å². The van der Waals surface area contributed by atoms with Crippen molar-refractivity contribution in [3.63, 3.8) is 0 Å². The smallest absolute Gasteiger partial charge is 0.288 e. The Hall–Kier alpha value is -1.29. The summed E-state index contributed by atoms with van der Waals surface area (Å²) in [5.41, 5.74) is 0.788. The fourth-order valence-electron chi connectivity index (χ4n) is 1.90. The molecule has 1 rings (SSSR count). The van der Waals surface area contributed by atoms with Crippen molar-refractivity contribution in [2.45, 2.75) is 45.4 Å². The van der Waals surface area contributed by atoms with Crippen LogP contribution in [-0.2, 0) is 0 Å². The minimum atomic E-state index is -0.472. The van der Waals surface area contributed by atoms with Gasteiger partial charge in [-0.3, -0.25) is 10.1 Å². The van der Waals surface area contributed by atoms with Gasteiger partial charge < -0.3 is 5.32 Å². The molecule has 0 bridgehead atoms. The van der Waals surface area contributed by atoms with E-state index in [4.69, 9.17) is 11.6 Å². The lowest BCUT2D eigenvalue weighted by molar-refractivity contribution is -0.384. The number of nitro benzene ring substituents is 1. The molecule has 0 spiro atoms. The lowest BCUT2D eigenvalue weighted by atomic mass is 10.1. The molecule has 4 nitrogen and oxygen atoms in total. The third-order valence-corrected chi connectivity index (χ3v) is 3.31. The summed E-state index contributed by atoms with van der Waals surface area (Å²) in [5.74, 6) is 0. The minimum absolute atomic E-state index is 0.0493. The zero-order valence-corrected chi connectivity index (χ0v) is 12.1. The Balaban J connectivity index is 2.26. The van der Waals surface area contributed by atoms with E-state index in [1.165, 1.54) is 38.2 Å². The number of hydrogen-bond acceptors (Lipinski definition) is 3. The second-order valence-corrected chi connectivity index (χ2v) is 5.03. The number of nitrogens with one attached hydrogen (secondary N) is 1. The fraction of sp³-hybridized carbons (Fsp3) is 0.571. The molecule has 0 radical (unpaired) electrons. The summed E-state index contributed by atoms with van der Waals surface area (Å²) in [6, 6.07) is 4.74. The van der Waals surface area contributed by atoms with E-state index < -0.39 is 4.92 Å². The number of nitro groups is 1. The van der Waals surface area contributed by atoms with Crippen molar-refractivity contribution in [1.82, 2.24) is 0 Å². The molecule has 0 saturated carbocycles. The first kappa shape index (κ1) is 15.8. The Kier molecular flexibility index (Phi) is 7.26. The second kappa shape index (κ2) is 8.75. The quantitative estimate of drug-likeness (QED) is 0.393. The van der Waals surface area contributed by atoms with Gasteiger partial charge in [0.25, 0.3) is 5.69 Å². The van der Waals surface area contributed by atoms with E-state index in [-0.39, 0.29) is 10.7 Å². The van der Waals surface area contributed by atoms with Crippen molar-refractivity contribution in [1.29, 1.82) is 0 Å². The molecular formula is C14H21ClN2O2. The Morgan fingerprint density at radius 3 is 2.53 bits per heavy atom. The summed E-state index contributed by atoms with van der Waals surface area (Å²) < 4.78 is 0. The molecule has 0 unspecified atom stereocenters. The summed E-state index contributed by atoms with van der Waals surface area (Å²) >= 11 is 5.84. The van der Waals surface area contributed by atoms with Crippen LogP contribution in [0.2, 0.25) is 5.02 Å². The number of rotatable bonds is 9. The number of halogens is 1. The van der Waals surface area contributed by atoms with Crippen LogP contribution >= 0.6 is 11.6 Å². The maximum Gasteiger partial charge on any atom is 0.288 e. The summed E-state index contributed by atoms with van der Waals surface area (Å²) in [6.45, 7) is 3.08. The van der Waals surface area contributed by atoms with Gasteiger partial charge in [-0.25, -0.2) is 0 Å². The maximum absolute atomic E-state index is 10.6. The first-order valence-electron chi connectivity index (χ1n) is 6.83. The highest BCUT2D eigenvalue weighted by Gasteiger charge is 2.11. The molecule has 1 aromatic rings. The molecular weight excluding hydrogens is 264 g/mol. The Bertz CT molecular complexity index is 410. The lowest BCUT2D eigenvalue weighted by Crippen LogP contribution is -2.01. The molecule has 0 aliphatic heterocycles. The van der Waals surface area contributed by atoms with Crippen LogP contribution in [0.4, 0.5) is 11.4 Å². The minimum Gasteiger partial charge on any atom is -0.385 e. The SMILES string of the molecule is CCCCCCCCNc1ccc([N+](=O)[O-])c(Cl)c1. The van der Waals surface area contributed by atoms with Gasteiger partial charge >= 0.3 is 0 Å². The van der Waals surface area contributed by atoms with Gasteiger partial charge in [-0.05, 0) is 18.6 Å². The van der Waals surface area contributed by atoms with E-state index in [1.807, 2.05) is 0 Å². The summed E-state index contributed by atoms with van der Waals surface area (Å²) in [4.78, 5) is 10.1.